The lowest BCUT2D eigenvalue weighted by Gasteiger charge is -2.23. The molecule has 1 N–H and O–H groups in total. The summed E-state index contributed by atoms with van der Waals surface area (Å²) in [6.07, 6.45) is 3.88. The lowest BCUT2D eigenvalue weighted by molar-refractivity contribution is 0.293. The van der Waals surface area contributed by atoms with E-state index in [9.17, 15) is 5.26 Å². The molecule has 0 aromatic heterocycles. The van der Waals surface area contributed by atoms with E-state index in [0.717, 1.165) is 38.0 Å². The Bertz CT molecular complexity index is 439. The monoisotopic (exact) mass is 274 g/mol. The van der Waals surface area contributed by atoms with Gasteiger partial charge in [0, 0.05) is 0 Å². The summed E-state index contributed by atoms with van der Waals surface area (Å²) in [7, 11) is 0. The molecule has 110 valence electrons. The van der Waals surface area contributed by atoms with E-state index in [2.05, 4.69) is 31.3 Å². The van der Waals surface area contributed by atoms with Crippen LogP contribution in [0.4, 0.5) is 0 Å². The highest BCUT2D eigenvalue weighted by Gasteiger charge is 2.21. The van der Waals surface area contributed by atoms with Crippen molar-refractivity contribution in [3.05, 3.63) is 29.8 Å². The van der Waals surface area contributed by atoms with Gasteiger partial charge in [0.25, 0.3) is 0 Å². The molecule has 0 heterocycles. The number of ether oxygens (including phenoxy) is 1. The van der Waals surface area contributed by atoms with Crippen molar-refractivity contribution < 1.29 is 4.74 Å². The standard InChI is InChI=1S/C17H26N2O/c1-4-12-19-17(3,14-18)11-7-8-13-20-16-10-6-5-9-15(16)2/h5-6,9-10,19H,4,7-8,11-13H2,1-3H3. The number of nitriles is 1. The van der Waals surface area contributed by atoms with Crippen LogP contribution in [0.3, 0.4) is 0 Å². The number of unbranched alkanes of at least 4 members (excludes halogenated alkanes) is 1. The molecule has 1 aromatic rings. The maximum atomic E-state index is 9.24. The van der Waals surface area contributed by atoms with Gasteiger partial charge < -0.3 is 4.74 Å². The number of hydrogen-bond donors (Lipinski definition) is 1. The topological polar surface area (TPSA) is 45.0 Å². The van der Waals surface area contributed by atoms with Crippen molar-refractivity contribution in [2.45, 2.75) is 52.0 Å². The van der Waals surface area contributed by atoms with E-state index in [0.29, 0.717) is 6.61 Å². The Balaban J connectivity index is 2.25. The highest BCUT2D eigenvalue weighted by atomic mass is 16.5. The van der Waals surface area contributed by atoms with Crippen molar-refractivity contribution >= 4 is 0 Å². The number of nitrogens with zero attached hydrogens (tertiary/aromatic N) is 1. The van der Waals surface area contributed by atoms with Gasteiger partial charge in [-0.2, -0.15) is 5.26 Å². The molecule has 0 aliphatic heterocycles. The van der Waals surface area contributed by atoms with Crippen LogP contribution >= 0.6 is 0 Å². The summed E-state index contributed by atoms with van der Waals surface area (Å²) in [5.74, 6) is 0.958. The van der Waals surface area contributed by atoms with Crippen LogP contribution < -0.4 is 10.1 Å². The molecule has 0 saturated carbocycles. The zero-order valence-electron chi connectivity index (χ0n) is 12.9. The van der Waals surface area contributed by atoms with Crippen molar-refractivity contribution in [2.75, 3.05) is 13.2 Å². The van der Waals surface area contributed by atoms with Crippen LogP contribution in [0.1, 0.15) is 45.1 Å². The van der Waals surface area contributed by atoms with Crippen molar-refractivity contribution in [3.63, 3.8) is 0 Å². The molecule has 0 aliphatic rings. The average molecular weight is 274 g/mol. The number of hydrogen-bond acceptors (Lipinski definition) is 3. The van der Waals surface area contributed by atoms with E-state index in [1.807, 2.05) is 25.1 Å². The second-order valence-corrected chi connectivity index (χ2v) is 5.44. The summed E-state index contributed by atoms with van der Waals surface area (Å²) in [6.45, 7) is 7.74. The maximum Gasteiger partial charge on any atom is 0.122 e. The molecule has 0 spiro atoms. The van der Waals surface area contributed by atoms with Crippen LogP contribution in [-0.4, -0.2) is 18.7 Å². The predicted octanol–water partition coefficient (Wildman–Crippen LogP) is 3.83. The van der Waals surface area contributed by atoms with Crippen molar-refractivity contribution in [3.8, 4) is 11.8 Å². The molecule has 1 unspecified atom stereocenters. The SMILES string of the molecule is CCCNC(C)(C#N)CCCCOc1ccccc1C. The summed E-state index contributed by atoms with van der Waals surface area (Å²) in [6, 6.07) is 10.4. The van der Waals surface area contributed by atoms with Crippen LogP contribution in [0, 0.1) is 18.3 Å². The molecule has 20 heavy (non-hydrogen) atoms. The fraction of sp³-hybridized carbons (Fsp3) is 0.588. The number of nitrogens with one attached hydrogen (secondary N) is 1. The minimum atomic E-state index is -0.404. The van der Waals surface area contributed by atoms with Crippen LogP contribution in [0.25, 0.3) is 0 Å². The Morgan fingerprint density at radius 1 is 1.30 bits per heavy atom. The van der Waals surface area contributed by atoms with E-state index in [-0.39, 0.29) is 0 Å². The first-order valence-corrected chi connectivity index (χ1v) is 7.46. The average Bonchev–Trinajstić information content (AvgIpc) is 2.46. The summed E-state index contributed by atoms with van der Waals surface area (Å²) in [4.78, 5) is 0. The molecule has 1 aromatic carbocycles. The van der Waals surface area contributed by atoms with Crippen molar-refractivity contribution in [1.29, 1.82) is 5.26 Å². The van der Waals surface area contributed by atoms with E-state index in [4.69, 9.17) is 4.74 Å². The normalized spacial score (nSPS) is 13.5. The molecule has 3 heteroatoms. The van der Waals surface area contributed by atoms with Gasteiger partial charge in [-0.3, -0.25) is 5.32 Å². The molecule has 0 aliphatic carbocycles. The summed E-state index contributed by atoms with van der Waals surface area (Å²) < 4.78 is 5.76. The van der Waals surface area contributed by atoms with Gasteiger partial charge in [0.2, 0.25) is 0 Å². The van der Waals surface area contributed by atoms with Crippen LogP contribution in [0.15, 0.2) is 24.3 Å². The lowest BCUT2D eigenvalue weighted by Crippen LogP contribution is -2.41. The lowest BCUT2D eigenvalue weighted by atomic mass is 9.96. The summed E-state index contributed by atoms with van der Waals surface area (Å²) >= 11 is 0. The Hall–Kier alpha value is -1.53. The van der Waals surface area contributed by atoms with Gasteiger partial charge >= 0.3 is 0 Å². The van der Waals surface area contributed by atoms with Gasteiger partial charge in [-0.15, -0.1) is 0 Å². The van der Waals surface area contributed by atoms with E-state index >= 15 is 0 Å². The quantitative estimate of drug-likeness (QED) is 0.696. The van der Waals surface area contributed by atoms with Crippen molar-refractivity contribution in [1.82, 2.24) is 5.32 Å². The third-order valence-electron chi connectivity index (χ3n) is 3.43. The Labute approximate surface area is 123 Å². The van der Waals surface area contributed by atoms with Crippen molar-refractivity contribution in [2.24, 2.45) is 0 Å². The molecule has 0 radical (unpaired) electrons. The molecule has 0 saturated heterocycles. The molecule has 0 fully saturated rings. The second-order valence-electron chi connectivity index (χ2n) is 5.44. The molecule has 1 atom stereocenters. The molecular formula is C17H26N2O. The van der Waals surface area contributed by atoms with Gasteiger partial charge in [-0.1, -0.05) is 25.1 Å². The Morgan fingerprint density at radius 2 is 2.05 bits per heavy atom. The maximum absolute atomic E-state index is 9.24. The molecule has 3 nitrogen and oxygen atoms in total. The van der Waals surface area contributed by atoms with Gasteiger partial charge in [0.1, 0.15) is 11.3 Å². The molecule has 0 bridgehead atoms. The molecule has 0 amide bonds. The number of benzene rings is 1. The Morgan fingerprint density at radius 3 is 2.70 bits per heavy atom. The third-order valence-corrected chi connectivity index (χ3v) is 3.43. The first kappa shape index (κ1) is 16.5. The largest absolute Gasteiger partial charge is 0.493 e. The van der Waals surface area contributed by atoms with Crippen LogP contribution in [-0.2, 0) is 0 Å². The minimum absolute atomic E-state index is 0.404. The first-order chi connectivity index (χ1) is 9.61. The van der Waals surface area contributed by atoms with Gasteiger partial charge in [0.05, 0.1) is 12.7 Å². The van der Waals surface area contributed by atoms with E-state index in [1.54, 1.807) is 0 Å². The fourth-order valence-corrected chi connectivity index (χ4v) is 2.07. The Kier molecular flexibility index (Phi) is 7.11. The second kappa shape index (κ2) is 8.60. The molecule has 1 rings (SSSR count). The van der Waals surface area contributed by atoms with Crippen LogP contribution in [0.5, 0.6) is 5.75 Å². The number of aryl methyl sites for hydroxylation is 1. The zero-order valence-corrected chi connectivity index (χ0v) is 12.9. The van der Waals surface area contributed by atoms with Gasteiger partial charge in [0.15, 0.2) is 0 Å². The van der Waals surface area contributed by atoms with Crippen LogP contribution in [0.2, 0.25) is 0 Å². The van der Waals surface area contributed by atoms with Gasteiger partial charge in [-0.05, 0) is 57.7 Å². The predicted molar refractivity (Wildman–Crippen MR) is 82.8 cm³/mol. The highest BCUT2D eigenvalue weighted by Crippen LogP contribution is 2.17. The van der Waals surface area contributed by atoms with Gasteiger partial charge in [-0.25, -0.2) is 0 Å². The summed E-state index contributed by atoms with van der Waals surface area (Å²) in [5.41, 5.74) is 0.762. The minimum Gasteiger partial charge on any atom is -0.493 e. The molecular weight excluding hydrogens is 248 g/mol. The fourth-order valence-electron chi connectivity index (χ4n) is 2.07. The third kappa shape index (κ3) is 5.63. The number of rotatable bonds is 9. The van der Waals surface area contributed by atoms with E-state index < -0.39 is 5.54 Å². The van der Waals surface area contributed by atoms with E-state index in [1.165, 1.54) is 5.56 Å². The number of para-hydroxylation sites is 1. The zero-order chi connectivity index (χ0) is 14.8. The highest BCUT2D eigenvalue weighted by molar-refractivity contribution is 5.31. The summed E-state index contributed by atoms with van der Waals surface area (Å²) in [5, 5.41) is 12.6. The first-order valence-electron chi connectivity index (χ1n) is 7.46. The smallest absolute Gasteiger partial charge is 0.122 e.